The Balaban J connectivity index is 2.02. The van der Waals surface area contributed by atoms with Gasteiger partial charge in [0, 0.05) is 6.42 Å². The normalized spacial score (nSPS) is 28.0. The van der Waals surface area contributed by atoms with Crippen molar-refractivity contribution >= 4 is 16.7 Å². The van der Waals surface area contributed by atoms with E-state index in [0.717, 1.165) is 5.52 Å². The number of aromatic nitrogens is 2. The number of aliphatic hydroxyl groups excluding tert-OH is 1. The van der Waals surface area contributed by atoms with Crippen molar-refractivity contribution in [2.45, 2.75) is 24.9 Å². The molecule has 0 aliphatic carbocycles. The lowest BCUT2D eigenvalue weighted by Crippen LogP contribution is -2.16. The molecule has 0 unspecified atom stereocenters. The number of para-hydroxylation sites is 1. The number of imidazole rings is 1. The summed E-state index contributed by atoms with van der Waals surface area (Å²) in [7, 11) is 0. The van der Waals surface area contributed by atoms with Crippen LogP contribution in [0.4, 0.5) is 10.1 Å². The third-order valence-corrected chi connectivity index (χ3v) is 3.24. The number of rotatable bonds is 2. The Morgan fingerprint density at radius 2 is 2.39 bits per heavy atom. The Hall–Kier alpha value is -1.66. The summed E-state index contributed by atoms with van der Waals surface area (Å²) in [4.78, 5) is 4.18. The Labute approximate surface area is 103 Å². The summed E-state index contributed by atoms with van der Waals surface area (Å²) in [5, 5.41) is 9.02. The zero-order valence-electron chi connectivity index (χ0n) is 9.66. The van der Waals surface area contributed by atoms with Gasteiger partial charge in [-0.15, -0.1) is 0 Å². The van der Waals surface area contributed by atoms with Crippen molar-refractivity contribution in [1.82, 2.24) is 9.55 Å². The van der Waals surface area contributed by atoms with Gasteiger partial charge in [-0.25, -0.2) is 9.37 Å². The number of hydrogen-bond donors (Lipinski definition) is 2. The van der Waals surface area contributed by atoms with Gasteiger partial charge in [0.05, 0.1) is 30.2 Å². The molecule has 5 nitrogen and oxygen atoms in total. The molecule has 96 valence electrons. The summed E-state index contributed by atoms with van der Waals surface area (Å²) in [5.74, 6) is 0. The molecule has 0 saturated carbocycles. The molecule has 18 heavy (non-hydrogen) atoms. The van der Waals surface area contributed by atoms with E-state index in [1.165, 1.54) is 6.33 Å². The fourth-order valence-electron chi connectivity index (χ4n) is 2.35. The van der Waals surface area contributed by atoms with Gasteiger partial charge in [-0.1, -0.05) is 6.07 Å². The molecule has 0 bridgehead atoms. The number of nitrogens with two attached hydrogens (primary N) is 1. The predicted octanol–water partition coefficient (Wildman–Crippen LogP) is 1.24. The van der Waals surface area contributed by atoms with Crippen LogP contribution in [0.15, 0.2) is 24.5 Å². The maximum Gasteiger partial charge on any atom is 0.167 e. The van der Waals surface area contributed by atoms with Crippen molar-refractivity contribution in [3.8, 4) is 0 Å². The van der Waals surface area contributed by atoms with Gasteiger partial charge in [0.15, 0.2) is 6.23 Å². The number of ether oxygens (including phenoxy) is 1. The molecule has 3 atom stereocenters. The average molecular weight is 251 g/mol. The van der Waals surface area contributed by atoms with Gasteiger partial charge in [-0.3, -0.25) is 0 Å². The van der Waals surface area contributed by atoms with Crippen molar-refractivity contribution < 1.29 is 14.2 Å². The number of nitrogens with zero attached hydrogens (tertiary/aromatic N) is 2. The van der Waals surface area contributed by atoms with Crippen molar-refractivity contribution in [3.05, 3.63) is 24.5 Å². The highest BCUT2D eigenvalue weighted by molar-refractivity contribution is 5.87. The van der Waals surface area contributed by atoms with Crippen molar-refractivity contribution in [1.29, 1.82) is 0 Å². The first kappa shape index (κ1) is 11.4. The molecule has 0 radical (unpaired) electrons. The number of alkyl halides is 1. The summed E-state index contributed by atoms with van der Waals surface area (Å²) in [6.45, 7) is -0.175. The van der Waals surface area contributed by atoms with Crippen LogP contribution in [0.5, 0.6) is 0 Å². The second-order valence-electron chi connectivity index (χ2n) is 4.45. The molecule has 6 heteroatoms. The van der Waals surface area contributed by atoms with Crippen LogP contribution in [-0.2, 0) is 4.74 Å². The summed E-state index contributed by atoms with van der Waals surface area (Å²) < 4.78 is 21.0. The summed E-state index contributed by atoms with van der Waals surface area (Å²) in [6, 6.07) is 5.36. The zero-order valence-corrected chi connectivity index (χ0v) is 9.66. The number of fused-ring (bicyclic) bond motifs is 1. The molecule has 1 aromatic carbocycles. The number of hydrogen-bond acceptors (Lipinski definition) is 4. The highest BCUT2D eigenvalue weighted by atomic mass is 19.1. The molecule has 3 rings (SSSR count). The molecule has 1 aromatic heterocycles. The summed E-state index contributed by atoms with van der Waals surface area (Å²) in [6.07, 6.45) is -0.625. The number of aliphatic hydroxyl groups is 1. The van der Waals surface area contributed by atoms with Gasteiger partial charge in [0.1, 0.15) is 11.7 Å². The van der Waals surface area contributed by atoms with E-state index in [4.69, 9.17) is 15.6 Å². The molecule has 1 aliphatic rings. The van der Waals surface area contributed by atoms with Crippen LogP contribution in [0.3, 0.4) is 0 Å². The van der Waals surface area contributed by atoms with Crippen molar-refractivity contribution in [3.63, 3.8) is 0 Å². The van der Waals surface area contributed by atoms with Crippen LogP contribution >= 0.6 is 0 Å². The van der Waals surface area contributed by atoms with E-state index in [-0.39, 0.29) is 13.0 Å². The zero-order chi connectivity index (χ0) is 12.7. The molecule has 0 spiro atoms. The second-order valence-corrected chi connectivity index (χ2v) is 4.45. The fraction of sp³-hybridized carbons (Fsp3) is 0.417. The Morgan fingerprint density at radius 1 is 1.56 bits per heavy atom. The van der Waals surface area contributed by atoms with Crippen molar-refractivity contribution in [2.24, 2.45) is 0 Å². The lowest BCUT2D eigenvalue weighted by atomic mass is 10.2. The van der Waals surface area contributed by atoms with E-state index < -0.39 is 18.5 Å². The minimum absolute atomic E-state index is 0.175. The molecule has 1 aliphatic heterocycles. The van der Waals surface area contributed by atoms with E-state index in [1.54, 1.807) is 16.7 Å². The van der Waals surface area contributed by atoms with Crippen LogP contribution in [0.2, 0.25) is 0 Å². The van der Waals surface area contributed by atoms with Gasteiger partial charge in [-0.2, -0.15) is 0 Å². The van der Waals surface area contributed by atoms with Crippen LogP contribution < -0.4 is 5.73 Å². The summed E-state index contributed by atoms with van der Waals surface area (Å²) >= 11 is 0. The van der Waals surface area contributed by atoms with Crippen LogP contribution in [0.25, 0.3) is 11.0 Å². The minimum atomic E-state index is -1.15. The average Bonchev–Trinajstić information content (AvgIpc) is 2.93. The van der Waals surface area contributed by atoms with Crippen molar-refractivity contribution in [2.75, 3.05) is 12.3 Å². The van der Waals surface area contributed by atoms with Gasteiger partial charge >= 0.3 is 0 Å². The standard InChI is InChI=1S/C12H14FN3O2/c13-8-4-7(5-17)18-12(8)16-6-15-11-9(14)2-1-3-10(11)16/h1-3,6-8,12,17H,4-5,14H2/t7-,8-,12+/m0/s1. The van der Waals surface area contributed by atoms with E-state index in [0.29, 0.717) is 11.2 Å². The maximum atomic E-state index is 13.9. The van der Waals surface area contributed by atoms with Crippen LogP contribution in [0, 0.1) is 0 Å². The Bertz CT molecular complexity index is 571. The van der Waals surface area contributed by atoms with Gasteiger partial charge < -0.3 is 20.1 Å². The lowest BCUT2D eigenvalue weighted by molar-refractivity contribution is -0.0348. The first-order valence-corrected chi connectivity index (χ1v) is 5.82. The van der Waals surface area contributed by atoms with Gasteiger partial charge in [0.2, 0.25) is 0 Å². The summed E-state index contributed by atoms with van der Waals surface area (Å²) in [5.41, 5.74) is 7.74. The second kappa shape index (κ2) is 4.22. The molecule has 0 amide bonds. The fourth-order valence-corrected chi connectivity index (χ4v) is 2.35. The monoisotopic (exact) mass is 251 g/mol. The van der Waals surface area contributed by atoms with Gasteiger partial charge in [0.25, 0.3) is 0 Å². The molecule has 2 aromatic rings. The smallest absolute Gasteiger partial charge is 0.167 e. The maximum absolute atomic E-state index is 13.9. The molecule has 3 N–H and O–H groups in total. The Kier molecular flexibility index (Phi) is 2.68. The number of anilines is 1. The third kappa shape index (κ3) is 1.65. The molecular weight excluding hydrogens is 237 g/mol. The lowest BCUT2D eigenvalue weighted by Gasteiger charge is -2.15. The minimum Gasteiger partial charge on any atom is -0.397 e. The highest BCUT2D eigenvalue weighted by Gasteiger charge is 2.36. The third-order valence-electron chi connectivity index (χ3n) is 3.24. The van der Waals surface area contributed by atoms with Gasteiger partial charge in [-0.05, 0) is 12.1 Å². The van der Waals surface area contributed by atoms with E-state index >= 15 is 0 Å². The molecule has 1 fully saturated rings. The van der Waals surface area contributed by atoms with E-state index in [1.807, 2.05) is 6.07 Å². The SMILES string of the molecule is Nc1cccc2c1ncn2[C@@H]1O[C@H](CO)C[C@@H]1F. The molecular formula is C12H14FN3O2. The predicted molar refractivity (Wildman–Crippen MR) is 64.7 cm³/mol. The first-order valence-electron chi connectivity index (χ1n) is 5.82. The molecule has 1 saturated heterocycles. The highest BCUT2D eigenvalue weighted by Crippen LogP contribution is 2.34. The topological polar surface area (TPSA) is 73.3 Å². The van der Waals surface area contributed by atoms with E-state index in [9.17, 15) is 4.39 Å². The number of benzene rings is 1. The quantitative estimate of drug-likeness (QED) is 0.787. The van der Waals surface area contributed by atoms with Crippen LogP contribution in [-0.4, -0.2) is 33.5 Å². The number of nitrogen functional groups attached to an aromatic ring is 1. The van der Waals surface area contributed by atoms with E-state index in [2.05, 4.69) is 4.98 Å². The number of halogens is 1. The van der Waals surface area contributed by atoms with Crippen LogP contribution in [0.1, 0.15) is 12.6 Å². The molecule has 2 heterocycles. The largest absolute Gasteiger partial charge is 0.397 e. The Morgan fingerprint density at radius 3 is 3.11 bits per heavy atom. The first-order chi connectivity index (χ1) is 8.70.